The number of pyridine rings is 1. The average molecular weight is 328 g/mol. The first-order valence-corrected chi connectivity index (χ1v) is 8.44. The van der Waals surface area contributed by atoms with Crippen molar-refractivity contribution in [1.29, 1.82) is 0 Å². The van der Waals surface area contributed by atoms with Gasteiger partial charge in [-0.1, -0.05) is 6.07 Å². The SMILES string of the molecule is O=C(Nc1nccs1)N1CCC(c2nnc3ccccn23)CC1. The van der Waals surface area contributed by atoms with Crippen LogP contribution in [0.3, 0.4) is 0 Å². The summed E-state index contributed by atoms with van der Waals surface area (Å²) in [6.07, 6.45) is 5.46. The molecule has 1 aliphatic heterocycles. The highest BCUT2D eigenvalue weighted by Crippen LogP contribution is 2.27. The van der Waals surface area contributed by atoms with Gasteiger partial charge in [0.25, 0.3) is 0 Å². The number of hydrogen-bond acceptors (Lipinski definition) is 5. The lowest BCUT2D eigenvalue weighted by molar-refractivity contribution is 0.193. The summed E-state index contributed by atoms with van der Waals surface area (Å²) >= 11 is 1.42. The van der Waals surface area contributed by atoms with Crippen molar-refractivity contribution in [3.63, 3.8) is 0 Å². The second-order valence-electron chi connectivity index (χ2n) is 5.52. The van der Waals surface area contributed by atoms with Gasteiger partial charge in [0.2, 0.25) is 0 Å². The van der Waals surface area contributed by atoms with Crippen LogP contribution < -0.4 is 5.32 Å². The molecule has 23 heavy (non-hydrogen) atoms. The van der Waals surface area contributed by atoms with Crippen LogP contribution in [0.2, 0.25) is 0 Å². The molecule has 2 amide bonds. The first kappa shape index (κ1) is 14.1. The third kappa shape index (κ3) is 2.77. The number of likely N-dealkylation sites (tertiary alicyclic amines) is 1. The molecule has 3 aromatic rings. The molecule has 3 aromatic heterocycles. The number of thiazole rings is 1. The molecule has 0 aromatic carbocycles. The van der Waals surface area contributed by atoms with Crippen LogP contribution in [0.25, 0.3) is 5.65 Å². The molecular formula is C15H16N6OS. The van der Waals surface area contributed by atoms with Gasteiger partial charge in [0, 0.05) is 36.8 Å². The molecule has 1 fully saturated rings. The number of fused-ring (bicyclic) bond motifs is 1. The van der Waals surface area contributed by atoms with E-state index in [0.29, 0.717) is 24.1 Å². The zero-order valence-electron chi connectivity index (χ0n) is 12.4. The number of anilines is 1. The highest BCUT2D eigenvalue weighted by Gasteiger charge is 2.27. The molecule has 4 rings (SSSR count). The van der Waals surface area contributed by atoms with Gasteiger partial charge in [0.05, 0.1) is 0 Å². The Morgan fingerprint density at radius 2 is 2.13 bits per heavy atom. The largest absolute Gasteiger partial charge is 0.324 e. The van der Waals surface area contributed by atoms with Crippen LogP contribution in [-0.4, -0.2) is 43.6 Å². The molecule has 7 nitrogen and oxygen atoms in total. The molecule has 0 atom stereocenters. The Kier molecular flexibility index (Phi) is 3.66. The van der Waals surface area contributed by atoms with Gasteiger partial charge in [-0.2, -0.15) is 0 Å². The normalized spacial score (nSPS) is 15.9. The Labute approximate surface area is 137 Å². The van der Waals surface area contributed by atoms with Crippen molar-refractivity contribution in [2.75, 3.05) is 18.4 Å². The van der Waals surface area contributed by atoms with E-state index in [0.717, 1.165) is 24.3 Å². The van der Waals surface area contributed by atoms with Gasteiger partial charge in [0.1, 0.15) is 5.82 Å². The minimum atomic E-state index is -0.0792. The molecule has 0 unspecified atom stereocenters. The summed E-state index contributed by atoms with van der Waals surface area (Å²) in [4.78, 5) is 18.1. The van der Waals surface area contributed by atoms with Crippen molar-refractivity contribution >= 4 is 28.1 Å². The fourth-order valence-electron chi connectivity index (χ4n) is 2.93. The number of nitrogens with zero attached hydrogens (tertiary/aromatic N) is 5. The van der Waals surface area contributed by atoms with E-state index in [1.54, 1.807) is 6.20 Å². The predicted octanol–water partition coefficient (Wildman–Crippen LogP) is 2.60. The highest BCUT2D eigenvalue weighted by molar-refractivity contribution is 7.13. The minimum absolute atomic E-state index is 0.0792. The Balaban J connectivity index is 1.42. The lowest BCUT2D eigenvalue weighted by Crippen LogP contribution is -2.40. The molecule has 1 N–H and O–H groups in total. The number of rotatable bonds is 2. The average Bonchev–Trinajstić information content (AvgIpc) is 3.24. The summed E-state index contributed by atoms with van der Waals surface area (Å²) in [6.45, 7) is 1.42. The summed E-state index contributed by atoms with van der Waals surface area (Å²) in [6, 6.07) is 5.81. The van der Waals surface area contributed by atoms with Crippen molar-refractivity contribution in [2.45, 2.75) is 18.8 Å². The Morgan fingerprint density at radius 1 is 1.26 bits per heavy atom. The van der Waals surface area contributed by atoms with Gasteiger partial charge in [-0.05, 0) is 25.0 Å². The number of piperidine rings is 1. The van der Waals surface area contributed by atoms with E-state index in [1.165, 1.54) is 11.3 Å². The smallest absolute Gasteiger partial charge is 0.323 e. The van der Waals surface area contributed by atoms with E-state index in [2.05, 4.69) is 20.5 Å². The number of aromatic nitrogens is 4. The number of urea groups is 1. The van der Waals surface area contributed by atoms with E-state index in [9.17, 15) is 4.79 Å². The van der Waals surface area contributed by atoms with Gasteiger partial charge in [-0.15, -0.1) is 21.5 Å². The fourth-order valence-corrected chi connectivity index (χ4v) is 3.45. The molecule has 8 heteroatoms. The second kappa shape index (κ2) is 5.96. The van der Waals surface area contributed by atoms with Crippen molar-refractivity contribution < 1.29 is 4.79 Å². The third-order valence-corrected chi connectivity index (χ3v) is 4.82. The quantitative estimate of drug-likeness (QED) is 0.784. The van der Waals surface area contributed by atoms with Gasteiger partial charge in [-0.25, -0.2) is 9.78 Å². The monoisotopic (exact) mass is 328 g/mol. The number of amides is 2. The third-order valence-electron chi connectivity index (χ3n) is 4.13. The molecular weight excluding hydrogens is 312 g/mol. The summed E-state index contributed by atoms with van der Waals surface area (Å²) in [5.41, 5.74) is 0.867. The van der Waals surface area contributed by atoms with E-state index in [1.807, 2.05) is 39.1 Å². The zero-order valence-corrected chi connectivity index (χ0v) is 13.2. The molecule has 0 spiro atoms. The molecule has 1 saturated heterocycles. The molecule has 0 saturated carbocycles. The van der Waals surface area contributed by atoms with Crippen LogP contribution in [-0.2, 0) is 0 Å². The van der Waals surface area contributed by atoms with E-state index in [4.69, 9.17) is 0 Å². The Morgan fingerprint density at radius 3 is 2.91 bits per heavy atom. The first-order chi connectivity index (χ1) is 11.3. The van der Waals surface area contributed by atoms with Crippen LogP contribution in [0, 0.1) is 0 Å². The maximum atomic E-state index is 12.2. The van der Waals surface area contributed by atoms with Gasteiger partial charge in [-0.3, -0.25) is 9.72 Å². The van der Waals surface area contributed by atoms with E-state index in [-0.39, 0.29) is 6.03 Å². The molecule has 0 bridgehead atoms. The fraction of sp³-hybridized carbons (Fsp3) is 0.333. The van der Waals surface area contributed by atoms with Crippen molar-refractivity contribution in [3.8, 4) is 0 Å². The van der Waals surface area contributed by atoms with Gasteiger partial charge < -0.3 is 4.90 Å². The lowest BCUT2D eigenvalue weighted by atomic mass is 9.96. The molecule has 0 aliphatic carbocycles. The van der Waals surface area contributed by atoms with Crippen LogP contribution in [0.4, 0.5) is 9.93 Å². The van der Waals surface area contributed by atoms with Crippen LogP contribution in [0.1, 0.15) is 24.6 Å². The molecule has 1 aliphatic rings. The number of carbonyl (C=O) groups is 1. The summed E-state index contributed by atoms with van der Waals surface area (Å²) in [7, 11) is 0. The maximum absolute atomic E-state index is 12.2. The summed E-state index contributed by atoms with van der Waals surface area (Å²) in [5, 5.41) is 13.9. The van der Waals surface area contributed by atoms with Crippen LogP contribution in [0.5, 0.6) is 0 Å². The predicted molar refractivity (Wildman–Crippen MR) is 87.7 cm³/mol. The highest BCUT2D eigenvalue weighted by atomic mass is 32.1. The van der Waals surface area contributed by atoms with Crippen molar-refractivity contribution in [2.24, 2.45) is 0 Å². The number of hydrogen-bond donors (Lipinski definition) is 1. The van der Waals surface area contributed by atoms with Crippen LogP contribution in [0.15, 0.2) is 36.0 Å². The number of carbonyl (C=O) groups excluding carboxylic acids is 1. The standard InChI is InChI=1S/C15H16N6OS/c22-15(17-14-16-6-10-23-14)20-8-4-11(5-9-20)13-19-18-12-3-1-2-7-21(12)13/h1-3,6-7,10-11H,4-5,8-9H2,(H,16,17,22). The van der Waals surface area contributed by atoms with Gasteiger partial charge in [0.15, 0.2) is 10.8 Å². The first-order valence-electron chi connectivity index (χ1n) is 7.56. The lowest BCUT2D eigenvalue weighted by Gasteiger charge is -2.30. The minimum Gasteiger partial charge on any atom is -0.324 e. The van der Waals surface area contributed by atoms with Crippen molar-refractivity contribution in [1.82, 2.24) is 24.5 Å². The van der Waals surface area contributed by atoms with Gasteiger partial charge >= 0.3 is 6.03 Å². The molecule has 0 radical (unpaired) electrons. The Hall–Kier alpha value is -2.48. The van der Waals surface area contributed by atoms with Crippen LogP contribution >= 0.6 is 11.3 Å². The topological polar surface area (TPSA) is 75.4 Å². The zero-order chi connectivity index (χ0) is 15.6. The summed E-state index contributed by atoms with van der Waals surface area (Å²) < 4.78 is 2.04. The molecule has 4 heterocycles. The van der Waals surface area contributed by atoms with E-state index >= 15 is 0 Å². The maximum Gasteiger partial charge on any atom is 0.323 e. The molecule has 118 valence electrons. The number of nitrogens with one attached hydrogen (secondary N) is 1. The van der Waals surface area contributed by atoms with Crippen molar-refractivity contribution in [3.05, 3.63) is 41.8 Å². The summed E-state index contributed by atoms with van der Waals surface area (Å²) in [5.74, 6) is 1.32. The second-order valence-corrected chi connectivity index (χ2v) is 6.41. The Bertz CT molecular complexity index is 806. The van der Waals surface area contributed by atoms with E-state index < -0.39 is 0 Å².